The smallest absolute Gasteiger partial charge is 0.227 e. The topological polar surface area (TPSA) is 32.3 Å². The first-order chi connectivity index (χ1) is 9.10. The molecule has 1 aromatic rings. The lowest BCUT2D eigenvalue weighted by atomic mass is 10.0. The van der Waals surface area contributed by atoms with Gasteiger partial charge in [0.2, 0.25) is 5.91 Å². The van der Waals surface area contributed by atoms with E-state index in [0.29, 0.717) is 22.5 Å². The Bertz CT molecular complexity index is 465. The lowest BCUT2D eigenvalue weighted by molar-refractivity contribution is -0.131. The normalized spacial score (nSPS) is 19.5. The number of rotatable bonds is 3. The average molecular weight is 301 g/mol. The maximum Gasteiger partial charge on any atom is 0.227 e. The molecule has 1 N–H and O–H groups in total. The van der Waals surface area contributed by atoms with Crippen LogP contribution in [0.2, 0.25) is 10.0 Å². The number of carbonyl (C=O) groups is 1. The fourth-order valence-electron chi connectivity index (χ4n) is 2.39. The summed E-state index contributed by atoms with van der Waals surface area (Å²) < 4.78 is 0. The third kappa shape index (κ3) is 3.85. The van der Waals surface area contributed by atoms with Crippen LogP contribution in [0.4, 0.5) is 0 Å². The van der Waals surface area contributed by atoms with Gasteiger partial charge in [-0.3, -0.25) is 4.79 Å². The summed E-state index contributed by atoms with van der Waals surface area (Å²) in [7, 11) is 1.94. The van der Waals surface area contributed by atoms with Crippen molar-refractivity contribution in [1.29, 1.82) is 0 Å². The van der Waals surface area contributed by atoms with Crippen molar-refractivity contribution in [3.63, 3.8) is 0 Å². The van der Waals surface area contributed by atoms with Crippen LogP contribution >= 0.6 is 23.2 Å². The Morgan fingerprint density at radius 1 is 1.47 bits per heavy atom. The van der Waals surface area contributed by atoms with Crippen molar-refractivity contribution in [2.45, 2.75) is 25.3 Å². The summed E-state index contributed by atoms with van der Waals surface area (Å²) in [5.41, 5.74) is 0.797. The second kappa shape index (κ2) is 6.60. The zero-order valence-corrected chi connectivity index (χ0v) is 12.5. The number of carbonyl (C=O) groups excluding carboxylic acids is 1. The molecule has 0 saturated carbocycles. The third-order valence-corrected chi connectivity index (χ3v) is 4.14. The number of amides is 1. The van der Waals surface area contributed by atoms with Gasteiger partial charge in [0.1, 0.15) is 0 Å². The molecular weight excluding hydrogens is 283 g/mol. The van der Waals surface area contributed by atoms with Crippen molar-refractivity contribution in [3.05, 3.63) is 33.8 Å². The molecule has 0 aromatic heterocycles. The summed E-state index contributed by atoms with van der Waals surface area (Å²) >= 11 is 12.0. The van der Waals surface area contributed by atoms with E-state index in [9.17, 15) is 4.79 Å². The zero-order chi connectivity index (χ0) is 13.8. The summed E-state index contributed by atoms with van der Waals surface area (Å²) in [4.78, 5) is 14.2. The summed E-state index contributed by atoms with van der Waals surface area (Å²) in [6, 6.07) is 5.63. The maximum atomic E-state index is 12.3. The number of likely N-dealkylation sites (tertiary alicyclic amines) is 1. The van der Waals surface area contributed by atoms with Crippen LogP contribution in [0.3, 0.4) is 0 Å². The van der Waals surface area contributed by atoms with Crippen LogP contribution in [0.1, 0.15) is 18.4 Å². The molecule has 1 heterocycles. The Balaban J connectivity index is 2.02. The van der Waals surface area contributed by atoms with Gasteiger partial charge in [0, 0.05) is 29.2 Å². The predicted molar refractivity (Wildman–Crippen MR) is 78.8 cm³/mol. The van der Waals surface area contributed by atoms with Gasteiger partial charge >= 0.3 is 0 Å². The van der Waals surface area contributed by atoms with E-state index in [2.05, 4.69) is 5.32 Å². The molecule has 1 amide bonds. The van der Waals surface area contributed by atoms with E-state index >= 15 is 0 Å². The van der Waals surface area contributed by atoms with Crippen molar-refractivity contribution in [3.8, 4) is 0 Å². The van der Waals surface area contributed by atoms with Crippen molar-refractivity contribution < 1.29 is 4.79 Å². The Labute approximate surface area is 123 Å². The molecule has 19 heavy (non-hydrogen) atoms. The van der Waals surface area contributed by atoms with Crippen molar-refractivity contribution in [2.24, 2.45) is 0 Å². The molecule has 1 aliphatic rings. The van der Waals surface area contributed by atoms with Crippen LogP contribution in [0.25, 0.3) is 0 Å². The number of hydrogen-bond acceptors (Lipinski definition) is 2. The highest BCUT2D eigenvalue weighted by Crippen LogP contribution is 2.22. The number of likely N-dealkylation sites (N-methyl/N-ethyl adjacent to an activating group) is 1. The molecule has 1 saturated heterocycles. The Morgan fingerprint density at radius 2 is 2.26 bits per heavy atom. The van der Waals surface area contributed by atoms with Gasteiger partial charge in [-0.25, -0.2) is 0 Å². The minimum absolute atomic E-state index is 0.115. The Kier molecular flexibility index (Phi) is 5.08. The fraction of sp³-hybridized carbons (Fsp3) is 0.500. The van der Waals surface area contributed by atoms with Gasteiger partial charge in [-0.05, 0) is 43.7 Å². The monoisotopic (exact) mass is 300 g/mol. The molecule has 0 spiro atoms. The zero-order valence-electron chi connectivity index (χ0n) is 11.0. The number of hydrogen-bond donors (Lipinski definition) is 1. The van der Waals surface area contributed by atoms with Crippen LogP contribution in [-0.2, 0) is 11.2 Å². The van der Waals surface area contributed by atoms with Crippen LogP contribution in [-0.4, -0.2) is 37.0 Å². The number of piperidine rings is 1. The summed E-state index contributed by atoms with van der Waals surface area (Å²) in [6.07, 6.45) is 2.48. The molecular formula is C14H18Cl2N2O. The number of halogens is 2. The lowest BCUT2D eigenvalue weighted by Gasteiger charge is -2.32. The highest BCUT2D eigenvalue weighted by atomic mass is 35.5. The van der Waals surface area contributed by atoms with Gasteiger partial charge in [0.25, 0.3) is 0 Å². The van der Waals surface area contributed by atoms with E-state index < -0.39 is 0 Å². The summed E-state index contributed by atoms with van der Waals surface area (Å²) in [6.45, 7) is 1.60. The van der Waals surface area contributed by atoms with E-state index in [4.69, 9.17) is 23.2 Å². The van der Waals surface area contributed by atoms with E-state index in [-0.39, 0.29) is 5.91 Å². The number of nitrogens with one attached hydrogen (secondary N) is 1. The standard InChI is InChI=1S/C14H18Cl2N2O/c1-17-12-3-2-6-18(9-12)14(19)8-10-7-11(15)4-5-13(10)16/h4-5,7,12,17H,2-3,6,8-9H2,1H3. The Hall–Kier alpha value is -0.770. The third-order valence-electron chi connectivity index (χ3n) is 3.53. The first-order valence-electron chi connectivity index (χ1n) is 6.49. The lowest BCUT2D eigenvalue weighted by Crippen LogP contribution is -2.47. The van der Waals surface area contributed by atoms with Gasteiger partial charge in [-0.1, -0.05) is 23.2 Å². The van der Waals surface area contributed by atoms with Crippen LogP contribution in [0.5, 0.6) is 0 Å². The second-order valence-corrected chi connectivity index (χ2v) is 5.72. The number of nitrogens with zero attached hydrogens (tertiary/aromatic N) is 1. The maximum absolute atomic E-state index is 12.3. The van der Waals surface area contributed by atoms with E-state index in [1.54, 1.807) is 18.2 Å². The van der Waals surface area contributed by atoms with Gasteiger partial charge in [-0.15, -0.1) is 0 Å². The van der Waals surface area contributed by atoms with Crippen LogP contribution in [0, 0.1) is 0 Å². The van der Waals surface area contributed by atoms with Crippen molar-refractivity contribution >= 4 is 29.1 Å². The molecule has 1 aromatic carbocycles. The van der Waals surface area contributed by atoms with Crippen molar-refractivity contribution in [2.75, 3.05) is 20.1 Å². The molecule has 1 aliphatic heterocycles. The molecule has 1 unspecified atom stereocenters. The average Bonchev–Trinajstić information content (AvgIpc) is 2.43. The number of benzene rings is 1. The Morgan fingerprint density at radius 3 is 3.00 bits per heavy atom. The van der Waals surface area contributed by atoms with Gasteiger partial charge < -0.3 is 10.2 Å². The van der Waals surface area contributed by atoms with E-state index in [1.165, 1.54) is 0 Å². The van der Waals surface area contributed by atoms with Gasteiger partial charge in [0.05, 0.1) is 6.42 Å². The predicted octanol–water partition coefficient (Wildman–Crippen LogP) is 2.75. The molecule has 0 bridgehead atoms. The van der Waals surface area contributed by atoms with Gasteiger partial charge in [0.15, 0.2) is 0 Å². The highest BCUT2D eigenvalue weighted by molar-refractivity contribution is 6.33. The van der Waals surface area contributed by atoms with Crippen molar-refractivity contribution in [1.82, 2.24) is 10.2 Å². The highest BCUT2D eigenvalue weighted by Gasteiger charge is 2.23. The molecule has 1 atom stereocenters. The second-order valence-electron chi connectivity index (χ2n) is 4.88. The molecule has 1 fully saturated rings. The van der Waals surface area contributed by atoms with E-state index in [1.807, 2.05) is 11.9 Å². The quantitative estimate of drug-likeness (QED) is 0.931. The SMILES string of the molecule is CNC1CCCN(C(=O)Cc2cc(Cl)ccc2Cl)C1. The molecule has 5 heteroatoms. The minimum Gasteiger partial charge on any atom is -0.341 e. The molecule has 0 radical (unpaired) electrons. The minimum atomic E-state index is 0.115. The molecule has 0 aliphatic carbocycles. The largest absolute Gasteiger partial charge is 0.341 e. The fourth-order valence-corrected chi connectivity index (χ4v) is 2.77. The van der Waals surface area contributed by atoms with E-state index in [0.717, 1.165) is 31.5 Å². The molecule has 3 nitrogen and oxygen atoms in total. The summed E-state index contributed by atoms with van der Waals surface area (Å²) in [5, 5.41) is 4.44. The van der Waals surface area contributed by atoms with Gasteiger partial charge in [-0.2, -0.15) is 0 Å². The first-order valence-corrected chi connectivity index (χ1v) is 7.24. The summed E-state index contributed by atoms with van der Waals surface area (Å²) in [5.74, 6) is 0.115. The van der Waals surface area contributed by atoms with Crippen LogP contribution in [0.15, 0.2) is 18.2 Å². The first kappa shape index (κ1) is 14.6. The molecule has 104 valence electrons. The molecule has 2 rings (SSSR count). The van der Waals surface area contributed by atoms with Crippen LogP contribution < -0.4 is 5.32 Å².